The second-order valence-corrected chi connectivity index (χ2v) is 4.47. The fourth-order valence-corrected chi connectivity index (χ4v) is 1.34. The Bertz CT molecular complexity index is 460. The van der Waals surface area contributed by atoms with E-state index in [1.54, 1.807) is 24.3 Å². The Hall–Kier alpha value is -2.08. The van der Waals surface area contributed by atoms with E-state index in [1.807, 2.05) is 13.8 Å². The van der Waals surface area contributed by atoms with E-state index < -0.39 is 18.6 Å². The maximum absolute atomic E-state index is 11.8. The minimum Gasteiger partial charge on any atom is -0.482 e. The number of amides is 1. The largest absolute Gasteiger partial charge is 0.482 e. The van der Waals surface area contributed by atoms with Crippen molar-refractivity contribution in [1.29, 1.82) is 0 Å². The van der Waals surface area contributed by atoms with Gasteiger partial charge in [-0.15, -0.1) is 0 Å². The molecule has 1 rings (SSSR count). The topological polar surface area (TPSA) is 102 Å². The zero-order valence-electron chi connectivity index (χ0n) is 10.9. The summed E-state index contributed by atoms with van der Waals surface area (Å²) < 4.78 is 5.02. The fraction of sp³-hybridized carbons (Fsp3) is 0.385. The molecular weight excluding hydrogens is 248 g/mol. The molecule has 19 heavy (non-hydrogen) atoms. The minimum absolute atomic E-state index is 0.0337. The lowest BCUT2D eigenvalue weighted by atomic mass is 10.0. The van der Waals surface area contributed by atoms with E-state index in [0.29, 0.717) is 11.4 Å². The average Bonchev–Trinajstić information content (AvgIpc) is 2.35. The van der Waals surface area contributed by atoms with Crippen molar-refractivity contribution in [3.63, 3.8) is 0 Å². The molecule has 0 saturated carbocycles. The van der Waals surface area contributed by atoms with Gasteiger partial charge in [0.05, 0.1) is 6.04 Å². The lowest BCUT2D eigenvalue weighted by molar-refractivity contribution is -0.139. The summed E-state index contributed by atoms with van der Waals surface area (Å²) in [6.07, 6.45) is 0. The molecule has 0 heterocycles. The van der Waals surface area contributed by atoms with Crippen LogP contribution in [0.1, 0.15) is 13.8 Å². The highest BCUT2D eigenvalue weighted by Gasteiger charge is 2.17. The van der Waals surface area contributed by atoms with Crippen LogP contribution in [0.15, 0.2) is 24.3 Å². The molecule has 0 fully saturated rings. The summed E-state index contributed by atoms with van der Waals surface area (Å²) in [5.41, 5.74) is 6.24. The molecule has 0 spiro atoms. The number of benzene rings is 1. The van der Waals surface area contributed by atoms with Crippen LogP contribution in [0.3, 0.4) is 0 Å². The normalized spacial score (nSPS) is 12.0. The van der Waals surface area contributed by atoms with Gasteiger partial charge in [-0.2, -0.15) is 0 Å². The predicted octanol–water partition coefficient (Wildman–Crippen LogP) is 1.07. The van der Waals surface area contributed by atoms with Gasteiger partial charge in [0.2, 0.25) is 5.91 Å². The molecule has 0 aliphatic carbocycles. The van der Waals surface area contributed by atoms with Gasteiger partial charge in [0.25, 0.3) is 0 Å². The second kappa shape index (κ2) is 6.75. The number of nitrogens with two attached hydrogens (primary N) is 1. The third-order valence-corrected chi connectivity index (χ3v) is 2.48. The molecule has 0 bridgehead atoms. The number of hydrogen-bond donors (Lipinski definition) is 3. The number of carboxylic acid groups (broad SMARTS) is 1. The molecular formula is C13H18N2O4. The average molecular weight is 266 g/mol. The minimum atomic E-state index is -1.06. The summed E-state index contributed by atoms with van der Waals surface area (Å²) in [5, 5.41) is 11.2. The molecule has 1 unspecified atom stereocenters. The molecule has 4 N–H and O–H groups in total. The Morgan fingerprint density at radius 1 is 1.42 bits per heavy atom. The molecule has 1 amide bonds. The summed E-state index contributed by atoms with van der Waals surface area (Å²) in [7, 11) is 0. The van der Waals surface area contributed by atoms with Gasteiger partial charge in [-0.05, 0) is 18.1 Å². The van der Waals surface area contributed by atoms with Gasteiger partial charge in [0, 0.05) is 11.8 Å². The Morgan fingerprint density at radius 2 is 2.11 bits per heavy atom. The van der Waals surface area contributed by atoms with Crippen LogP contribution < -0.4 is 15.8 Å². The van der Waals surface area contributed by atoms with Gasteiger partial charge >= 0.3 is 5.97 Å². The molecule has 0 aliphatic rings. The van der Waals surface area contributed by atoms with Crippen LogP contribution in [-0.2, 0) is 9.59 Å². The Labute approximate surface area is 111 Å². The molecule has 6 nitrogen and oxygen atoms in total. The van der Waals surface area contributed by atoms with Crippen LogP contribution >= 0.6 is 0 Å². The maximum atomic E-state index is 11.8. The Balaban J connectivity index is 2.66. The Morgan fingerprint density at radius 3 is 2.68 bits per heavy atom. The van der Waals surface area contributed by atoms with Crippen LogP contribution in [0.25, 0.3) is 0 Å². The third kappa shape index (κ3) is 4.97. The van der Waals surface area contributed by atoms with Crippen LogP contribution in [-0.4, -0.2) is 29.6 Å². The molecule has 1 atom stereocenters. The molecule has 1 aromatic carbocycles. The van der Waals surface area contributed by atoms with Gasteiger partial charge in [0.1, 0.15) is 5.75 Å². The highest BCUT2D eigenvalue weighted by molar-refractivity contribution is 5.95. The number of hydrogen-bond acceptors (Lipinski definition) is 4. The zero-order valence-corrected chi connectivity index (χ0v) is 10.9. The van der Waals surface area contributed by atoms with E-state index in [-0.39, 0.29) is 11.8 Å². The standard InChI is InChI=1S/C13H18N2O4/c1-8(2)12(14)13(18)15-9-4-3-5-10(6-9)19-7-11(16)17/h3-6,8,12H,7,14H2,1-2H3,(H,15,18)(H,16,17). The van der Waals surface area contributed by atoms with Crippen LogP contribution in [0.2, 0.25) is 0 Å². The van der Waals surface area contributed by atoms with E-state index in [0.717, 1.165) is 0 Å². The summed E-state index contributed by atoms with van der Waals surface area (Å²) in [6, 6.07) is 5.91. The van der Waals surface area contributed by atoms with Gasteiger partial charge in [-0.1, -0.05) is 19.9 Å². The monoisotopic (exact) mass is 266 g/mol. The van der Waals surface area contributed by atoms with Crippen LogP contribution in [0.4, 0.5) is 5.69 Å². The maximum Gasteiger partial charge on any atom is 0.341 e. The number of carbonyl (C=O) groups is 2. The molecule has 0 saturated heterocycles. The first-order valence-electron chi connectivity index (χ1n) is 5.91. The van der Waals surface area contributed by atoms with E-state index in [1.165, 1.54) is 0 Å². The predicted molar refractivity (Wildman–Crippen MR) is 71.0 cm³/mol. The lowest BCUT2D eigenvalue weighted by Crippen LogP contribution is -2.39. The van der Waals surface area contributed by atoms with Gasteiger partial charge in [-0.3, -0.25) is 4.79 Å². The van der Waals surface area contributed by atoms with Crippen molar-refractivity contribution < 1.29 is 19.4 Å². The summed E-state index contributed by atoms with van der Waals surface area (Å²) in [6.45, 7) is 3.29. The van der Waals surface area contributed by atoms with E-state index in [4.69, 9.17) is 15.6 Å². The summed E-state index contributed by atoms with van der Waals surface area (Å²) in [5.74, 6) is -0.939. The van der Waals surface area contributed by atoms with Crippen molar-refractivity contribution in [2.24, 2.45) is 11.7 Å². The van der Waals surface area contributed by atoms with Crippen molar-refractivity contribution in [2.75, 3.05) is 11.9 Å². The number of anilines is 1. The quantitative estimate of drug-likeness (QED) is 0.715. The van der Waals surface area contributed by atoms with Crippen LogP contribution in [0.5, 0.6) is 5.75 Å². The highest BCUT2D eigenvalue weighted by atomic mass is 16.5. The second-order valence-electron chi connectivity index (χ2n) is 4.47. The SMILES string of the molecule is CC(C)C(N)C(=O)Nc1cccc(OCC(=O)O)c1. The first-order valence-corrected chi connectivity index (χ1v) is 5.91. The van der Waals surface area contributed by atoms with E-state index >= 15 is 0 Å². The number of rotatable bonds is 6. The summed E-state index contributed by atoms with van der Waals surface area (Å²) in [4.78, 5) is 22.1. The van der Waals surface area contributed by atoms with Crippen LogP contribution in [0, 0.1) is 5.92 Å². The molecule has 0 radical (unpaired) electrons. The number of aliphatic carboxylic acids is 1. The summed E-state index contributed by atoms with van der Waals surface area (Å²) >= 11 is 0. The Kier molecular flexibility index (Phi) is 5.32. The molecule has 0 aromatic heterocycles. The van der Waals surface area contributed by atoms with Gasteiger partial charge in [0.15, 0.2) is 6.61 Å². The van der Waals surface area contributed by atoms with E-state index in [9.17, 15) is 9.59 Å². The van der Waals surface area contributed by atoms with Crippen molar-refractivity contribution in [1.82, 2.24) is 0 Å². The molecule has 1 aromatic rings. The lowest BCUT2D eigenvalue weighted by Gasteiger charge is -2.15. The van der Waals surface area contributed by atoms with Crippen molar-refractivity contribution >= 4 is 17.6 Å². The molecule has 104 valence electrons. The number of nitrogens with one attached hydrogen (secondary N) is 1. The fourth-order valence-electron chi connectivity index (χ4n) is 1.34. The highest BCUT2D eigenvalue weighted by Crippen LogP contribution is 2.17. The van der Waals surface area contributed by atoms with Crippen molar-refractivity contribution in [2.45, 2.75) is 19.9 Å². The first-order chi connectivity index (χ1) is 8.90. The third-order valence-electron chi connectivity index (χ3n) is 2.48. The van der Waals surface area contributed by atoms with E-state index in [2.05, 4.69) is 5.32 Å². The zero-order chi connectivity index (χ0) is 14.4. The molecule has 0 aliphatic heterocycles. The van der Waals surface area contributed by atoms with Gasteiger partial charge in [-0.25, -0.2) is 4.79 Å². The van der Waals surface area contributed by atoms with Crippen molar-refractivity contribution in [3.8, 4) is 5.75 Å². The number of carboxylic acids is 1. The smallest absolute Gasteiger partial charge is 0.341 e. The first kappa shape index (κ1) is 15.0. The number of ether oxygens (including phenoxy) is 1. The van der Waals surface area contributed by atoms with Gasteiger partial charge < -0.3 is 20.9 Å². The number of carbonyl (C=O) groups excluding carboxylic acids is 1. The molecule has 6 heteroatoms. The van der Waals surface area contributed by atoms with Crippen molar-refractivity contribution in [3.05, 3.63) is 24.3 Å².